The van der Waals surface area contributed by atoms with Gasteiger partial charge in [-0.25, -0.2) is 4.98 Å². The van der Waals surface area contributed by atoms with E-state index in [1.807, 2.05) is 18.3 Å². The quantitative estimate of drug-likeness (QED) is 0.813. The van der Waals surface area contributed by atoms with Crippen LogP contribution >= 0.6 is 11.8 Å². The van der Waals surface area contributed by atoms with Gasteiger partial charge in [0, 0.05) is 51.1 Å². The molecule has 0 atom stereocenters. The van der Waals surface area contributed by atoms with E-state index in [2.05, 4.69) is 39.5 Å². The van der Waals surface area contributed by atoms with E-state index in [0.717, 1.165) is 43.2 Å². The zero-order chi connectivity index (χ0) is 19.3. The highest BCUT2D eigenvalue weighted by Gasteiger charge is 2.21. The Balaban J connectivity index is 1.26. The van der Waals surface area contributed by atoms with Crippen LogP contribution in [0.5, 0.6) is 0 Å². The number of hydrogen-bond acceptors (Lipinski definition) is 5. The lowest BCUT2D eigenvalue weighted by Gasteiger charge is -2.29. The number of pyridine rings is 1. The Labute approximate surface area is 169 Å². The summed E-state index contributed by atoms with van der Waals surface area (Å²) < 4.78 is 0. The summed E-state index contributed by atoms with van der Waals surface area (Å²) in [6.07, 6.45) is 3.20. The van der Waals surface area contributed by atoms with Crippen LogP contribution in [0, 0.1) is 0 Å². The van der Waals surface area contributed by atoms with Gasteiger partial charge >= 0.3 is 0 Å². The summed E-state index contributed by atoms with van der Waals surface area (Å²) in [5.41, 5.74) is 3.76. The first-order valence-corrected chi connectivity index (χ1v) is 10.6. The van der Waals surface area contributed by atoms with Gasteiger partial charge in [0.25, 0.3) is 5.24 Å². The summed E-state index contributed by atoms with van der Waals surface area (Å²) in [6.45, 7) is 3.53. The van der Waals surface area contributed by atoms with Crippen LogP contribution < -0.4 is 10.2 Å². The Kier molecular flexibility index (Phi) is 5.81. The van der Waals surface area contributed by atoms with E-state index in [0.29, 0.717) is 19.5 Å². The van der Waals surface area contributed by atoms with Crippen LogP contribution in [0.1, 0.15) is 23.1 Å². The molecule has 1 aromatic heterocycles. The molecule has 0 unspecified atom stereocenters. The third-order valence-corrected chi connectivity index (χ3v) is 6.10. The third kappa shape index (κ3) is 4.47. The van der Waals surface area contributed by atoms with Gasteiger partial charge in [0.15, 0.2) is 0 Å². The van der Waals surface area contributed by atoms with Crippen molar-refractivity contribution < 1.29 is 9.59 Å². The molecule has 1 aromatic carbocycles. The number of thioether (sulfide) groups is 1. The van der Waals surface area contributed by atoms with E-state index in [1.165, 1.54) is 22.9 Å². The molecule has 146 valence electrons. The first kappa shape index (κ1) is 18.8. The van der Waals surface area contributed by atoms with E-state index >= 15 is 0 Å². The van der Waals surface area contributed by atoms with E-state index in [4.69, 9.17) is 0 Å². The summed E-state index contributed by atoms with van der Waals surface area (Å²) in [5.74, 6) is 1.75. The second kappa shape index (κ2) is 8.65. The van der Waals surface area contributed by atoms with Gasteiger partial charge in [-0.15, -0.1) is 0 Å². The number of nitrogens with one attached hydrogen (secondary N) is 1. The van der Waals surface area contributed by atoms with Crippen LogP contribution in [-0.2, 0) is 24.3 Å². The van der Waals surface area contributed by atoms with E-state index in [1.54, 1.807) is 4.90 Å². The number of hydrogen-bond donors (Lipinski definition) is 1. The molecule has 1 N–H and O–H groups in total. The standard InChI is InChI=1S/C21H24N4O2S/c26-20(8-10-24-11-12-28-21(24)27)23-14-16-5-6-19(22-13-16)25-9-7-17-3-1-2-4-18(17)15-25/h1-6,13H,7-12,14-15H2,(H,23,26). The van der Waals surface area contributed by atoms with Crippen molar-refractivity contribution in [3.63, 3.8) is 0 Å². The molecule has 28 heavy (non-hydrogen) atoms. The number of rotatable bonds is 6. The van der Waals surface area contributed by atoms with Crippen LogP contribution in [0.3, 0.4) is 0 Å². The molecule has 0 aliphatic carbocycles. The average Bonchev–Trinajstić information content (AvgIpc) is 3.15. The molecule has 7 heteroatoms. The van der Waals surface area contributed by atoms with Crippen LogP contribution in [0.15, 0.2) is 42.6 Å². The molecule has 6 nitrogen and oxygen atoms in total. The summed E-state index contributed by atoms with van der Waals surface area (Å²) in [7, 11) is 0. The molecule has 2 aliphatic rings. The Hall–Kier alpha value is -2.54. The molecule has 0 spiro atoms. The van der Waals surface area contributed by atoms with Gasteiger partial charge < -0.3 is 15.1 Å². The minimum Gasteiger partial charge on any atom is -0.352 e. The number of carbonyl (C=O) groups excluding carboxylic acids is 2. The molecule has 0 saturated carbocycles. The van der Waals surface area contributed by atoms with E-state index in [-0.39, 0.29) is 11.1 Å². The van der Waals surface area contributed by atoms with Gasteiger partial charge in [-0.05, 0) is 29.2 Å². The van der Waals surface area contributed by atoms with Crippen molar-refractivity contribution in [3.05, 3.63) is 59.3 Å². The van der Waals surface area contributed by atoms with Gasteiger partial charge in [-0.1, -0.05) is 42.1 Å². The van der Waals surface area contributed by atoms with Crippen LogP contribution in [0.2, 0.25) is 0 Å². The maximum atomic E-state index is 12.0. The predicted molar refractivity (Wildman–Crippen MR) is 111 cm³/mol. The molecular formula is C21H24N4O2S. The molecule has 0 radical (unpaired) electrons. The fourth-order valence-electron chi connectivity index (χ4n) is 3.55. The van der Waals surface area contributed by atoms with Crippen molar-refractivity contribution in [1.29, 1.82) is 0 Å². The average molecular weight is 397 g/mol. The first-order valence-electron chi connectivity index (χ1n) is 9.64. The van der Waals surface area contributed by atoms with Crippen LogP contribution in [0.4, 0.5) is 10.6 Å². The largest absolute Gasteiger partial charge is 0.352 e. The molecule has 2 aromatic rings. The smallest absolute Gasteiger partial charge is 0.281 e. The minimum absolute atomic E-state index is 0.0404. The lowest BCUT2D eigenvalue weighted by Crippen LogP contribution is -2.31. The number of amides is 2. The molecule has 3 heterocycles. The second-order valence-electron chi connectivity index (χ2n) is 7.09. The van der Waals surface area contributed by atoms with Gasteiger partial charge in [0.1, 0.15) is 5.82 Å². The topological polar surface area (TPSA) is 65.5 Å². The summed E-state index contributed by atoms with van der Waals surface area (Å²) >= 11 is 1.32. The minimum atomic E-state index is -0.0404. The summed E-state index contributed by atoms with van der Waals surface area (Å²) in [6, 6.07) is 12.6. The molecule has 0 bridgehead atoms. The second-order valence-corrected chi connectivity index (χ2v) is 8.14. The first-order chi connectivity index (χ1) is 13.7. The highest BCUT2D eigenvalue weighted by molar-refractivity contribution is 8.13. The number of aromatic nitrogens is 1. The van der Waals surface area contributed by atoms with Crippen molar-refractivity contribution in [2.45, 2.75) is 25.9 Å². The number of nitrogens with zero attached hydrogens (tertiary/aromatic N) is 3. The Morgan fingerprint density at radius 3 is 2.75 bits per heavy atom. The molecule has 1 saturated heterocycles. The highest BCUT2D eigenvalue weighted by atomic mass is 32.2. The fourth-order valence-corrected chi connectivity index (χ4v) is 4.41. The van der Waals surface area contributed by atoms with E-state index < -0.39 is 0 Å². The Morgan fingerprint density at radius 2 is 2.00 bits per heavy atom. The lowest BCUT2D eigenvalue weighted by atomic mass is 10.00. The maximum absolute atomic E-state index is 12.0. The SMILES string of the molecule is O=C(CCN1CCSC1=O)NCc1ccc(N2CCc3ccccc3C2)nc1. The predicted octanol–water partition coefficient (Wildman–Crippen LogP) is 2.82. The molecular weight excluding hydrogens is 372 g/mol. The number of anilines is 1. The molecule has 2 aliphatic heterocycles. The van der Waals surface area contributed by atoms with Crippen LogP contribution in [0.25, 0.3) is 0 Å². The van der Waals surface area contributed by atoms with Crippen molar-refractivity contribution in [3.8, 4) is 0 Å². The van der Waals surface area contributed by atoms with Crippen molar-refractivity contribution in [2.75, 3.05) is 30.3 Å². The van der Waals surface area contributed by atoms with Gasteiger partial charge in [0.05, 0.1) is 0 Å². The van der Waals surface area contributed by atoms with Gasteiger partial charge in [-0.3, -0.25) is 9.59 Å². The zero-order valence-electron chi connectivity index (χ0n) is 15.8. The monoisotopic (exact) mass is 396 g/mol. The van der Waals surface area contributed by atoms with Gasteiger partial charge in [-0.2, -0.15) is 0 Å². The third-order valence-electron chi connectivity index (χ3n) is 5.21. The molecule has 1 fully saturated rings. The molecule has 4 rings (SSSR count). The Morgan fingerprint density at radius 1 is 1.14 bits per heavy atom. The number of carbonyl (C=O) groups is 2. The number of fused-ring (bicyclic) bond motifs is 1. The summed E-state index contributed by atoms with van der Waals surface area (Å²) in [4.78, 5) is 32.2. The van der Waals surface area contributed by atoms with Crippen molar-refractivity contribution in [1.82, 2.24) is 15.2 Å². The van der Waals surface area contributed by atoms with Crippen LogP contribution in [-0.4, -0.2) is 46.4 Å². The lowest BCUT2D eigenvalue weighted by molar-refractivity contribution is -0.121. The Bertz CT molecular complexity index is 856. The fraction of sp³-hybridized carbons (Fsp3) is 0.381. The van der Waals surface area contributed by atoms with Crippen molar-refractivity contribution >= 4 is 28.7 Å². The molecule has 2 amide bonds. The van der Waals surface area contributed by atoms with E-state index in [9.17, 15) is 9.59 Å². The van der Waals surface area contributed by atoms with Crippen molar-refractivity contribution in [2.24, 2.45) is 0 Å². The highest BCUT2D eigenvalue weighted by Crippen LogP contribution is 2.23. The van der Waals surface area contributed by atoms with Gasteiger partial charge in [0.2, 0.25) is 5.91 Å². The normalized spacial score (nSPS) is 16.2. The summed E-state index contributed by atoms with van der Waals surface area (Å²) in [5, 5.41) is 2.99. The zero-order valence-corrected chi connectivity index (χ0v) is 16.6. The maximum Gasteiger partial charge on any atom is 0.281 e. The number of benzene rings is 1.